The van der Waals surface area contributed by atoms with Crippen molar-refractivity contribution in [2.45, 2.75) is 38.0 Å². The van der Waals surface area contributed by atoms with Gasteiger partial charge in [-0.05, 0) is 56.8 Å². The monoisotopic (exact) mass is 327 g/mol. The van der Waals surface area contributed by atoms with E-state index in [0.717, 1.165) is 56.9 Å². The largest absolute Gasteiger partial charge is 0.343 e. The molecule has 4 heterocycles. The SMILES string of the molecule is O=C(CCC1CCNC1)N1CCC(c2nnc3ccccn23)CC1. The number of nitrogens with one attached hydrogen (secondary N) is 1. The second kappa shape index (κ2) is 6.89. The van der Waals surface area contributed by atoms with E-state index in [1.807, 2.05) is 29.3 Å². The maximum Gasteiger partial charge on any atom is 0.222 e. The molecule has 0 aliphatic carbocycles. The number of amides is 1. The highest BCUT2D eigenvalue weighted by Crippen LogP contribution is 2.27. The van der Waals surface area contributed by atoms with E-state index in [9.17, 15) is 4.79 Å². The van der Waals surface area contributed by atoms with Crippen molar-refractivity contribution < 1.29 is 4.79 Å². The normalized spacial score (nSPS) is 22.3. The molecule has 6 nitrogen and oxygen atoms in total. The van der Waals surface area contributed by atoms with Crippen molar-refractivity contribution in [3.63, 3.8) is 0 Å². The number of hydrogen-bond donors (Lipinski definition) is 1. The van der Waals surface area contributed by atoms with Crippen molar-refractivity contribution in [1.82, 2.24) is 24.8 Å². The van der Waals surface area contributed by atoms with Gasteiger partial charge < -0.3 is 10.2 Å². The standard InChI is InChI=1S/C18H25N5O/c24-17(5-4-14-6-9-19-13-14)22-11-7-15(8-12-22)18-21-20-16-3-1-2-10-23(16)18/h1-3,10,14-15,19H,4-9,11-13H2. The van der Waals surface area contributed by atoms with Crippen LogP contribution in [0.4, 0.5) is 0 Å². The van der Waals surface area contributed by atoms with Crippen LogP contribution in [0.1, 0.15) is 43.8 Å². The predicted octanol–water partition coefficient (Wildman–Crippen LogP) is 1.82. The number of hydrogen-bond acceptors (Lipinski definition) is 4. The maximum atomic E-state index is 12.4. The molecule has 0 aromatic carbocycles. The highest BCUT2D eigenvalue weighted by atomic mass is 16.2. The number of carbonyl (C=O) groups is 1. The van der Waals surface area contributed by atoms with E-state index in [2.05, 4.69) is 19.9 Å². The number of fused-ring (bicyclic) bond motifs is 1. The van der Waals surface area contributed by atoms with Gasteiger partial charge in [0.15, 0.2) is 5.65 Å². The fourth-order valence-corrected chi connectivity index (χ4v) is 3.97. The Morgan fingerprint density at radius 1 is 1.21 bits per heavy atom. The summed E-state index contributed by atoms with van der Waals surface area (Å²) in [5.41, 5.74) is 0.899. The molecule has 24 heavy (non-hydrogen) atoms. The van der Waals surface area contributed by atoms with E-state index in [1.165, 1.54) is 6.42 Å². The molecule has 1 atom stereocenters. The quantitative estimate of drug-likeness (QED) is 0.930. The molecule has 2 aliphatic heterocycles. The van der Waals surface area contributed by atoms with Gasteiger partial charge in [-0.3, -0.25) is 9.20 Å². The van der Waals surface area contributed by atoms with Crippen molar-refractivity contribution in [3.8, 4) is 0 Å². The second-order valence-corrected chi connectivity index (χ2v) is 7.04. The van der Waals surface area contributed by atoms with E-state index in [0.29, 0.717) is 24.2 Å². The zero-order chi connectivity index (χ0) is 16.4. The molecule has 0 spiro atoms. The van der Waals surface area contributed by atoms with Crippen LogP contribution in [0.25, 0.3) is 5.65 Å². The summed E-state index contributed by atoms with van der Waals surface area (Å²) in [4.78, 5) is 14.5. The van der Waals surface area contributed by atoms with Gasteiger partial charge in [-0.25, -0.2) is 0 Å². The third-order valence-electron chi connectivity index (χ3n) is 5.48. The number of likely N-dealkylation sites (tertiary alicyclic amines) is 1. The maximum absolute atomic E-state index is 12.4. The van der Waals surface area contributed by atoms with E-state index in [-0.39, 0.29) is 0 Å². The van der Waals surface area contributed by atoms with E-state index in [4.69, 9.17) is 0 Å². The molecule has 2 aromatic heterocycles. The van der Waals surface area contributed by atoms with Gasteiger partial charge in [-0.15, -0.1) is 10.2 Å². The lowest BCUT2D eigenvalue weighted by molar-refractivity contribution is -0.132. The minimum Gasteiger partial charge on any atom is -0.343 e. The van der Waals surface area contributed by atoms with Gasteiger partial charge >= 0.3 is 0 Å². The fraction of sp³-hybridized carbons (Fsp3) is 0.611. The van der Waals surface area contributed by atoms with Crippen LogP contribution < -0.4 is 5.32 Å². The van der Waals surface area contributed by atoms with Crippen LogP contribution in [0.5, 0.6) is 0 Å². The van der Waals surface area contributed by atoms with Gasteiger partial charge in [0.1, 0.15) is 5.82 Å². The summed E-state index contributed by atoms with van der Waals surface area (Å²) in [6.07, 6.45) is 6.93. The van der Waals surface area contributed by atoms with Crippen molar-refractivity contribution in [1.29, 1.82) is 0 Å². The van der Waals surface area contributed by atoms with Gasteiger partial charge in [0.2, 0.25) is 5.91 Å². The van der Waals surface area contributed by atoms with Crippen molar-refractivity contribution >= 4 is 11.6 Å². The first kappa shape index (κ1) is 15.6. The molecule has 6 heteroatoms. The zero-order valence-corrected chi connectivity index (χ0v) is 14.0. The molecule has 2 aliphatic rings. The van der Waals surface area contributed by atoms with Crippen LogP contribution in [-0.4, -0.2) is 51.6 Å². The van der Waals surface area contributed by atoms with Gasteiger partial charge in [0.25, 0.3) is 0 Å². The number of pyridine rings is 1. The number of carbonyl (C=O) groups excluding carboxylic acids is 1. The molecule has 1 N–H and O–H groups in total. The molecular formula is C18H25N5O. The Bertz CT molecular complexity index is 698. The first-order valence-corrected chi connectivity index (χ1v) is 9.09. The summed E-state index contributed by atoms with van der Waals surface area (Å²) in [6, 6.07) is 5.97. The smallest absolute Gasteiger partial charge is 0.222 e. The second-order valence-electron chi connectivity index (χ2n) is 7.04. The predicted molar refractivity (Wildman–Crippen MR) is 91.8 cm³/mol. The summed E-state index contributed by atoms with van der Waals surface area (Å²) in [7, 11) is 0. The Kier molecular flexibility index (Phi) is 4.47. The molecule has 2 aromatic rings. The Hall–Kier alpha value is -1.95. The van der Waals surface area contributed by atoms with Gasteiger partial charge in [0.05, 0.1) is 0 Å². The Morgan fingerprint density at radius 3 is 2.88 bits per heavy atom. The highest BCUT2D eigenvalue weighted by Gasteiger charge is 2.27. The van der Waals surface area contributed by atoms with E-state index >= 15 is 0 Å². The first-order valence-electron chi connectivity index (χ1n) is 9.09. The minimum atomic E-state index is 0.325. The molecule has 1 unspecified atom stereocenters. The molecule has 4 rings (SSSR count). The van der Waals surface area contributed by atoms with Crippen molar-refractivity contribution in [2.24, 2.45) is 5.92 Å². The van der Waals surface area contributed by atoms with E-state index in [1.54, 1.807) is 0 Å². The fourth-order valence-electron chi connectivity index (χ4n) is 3.97. The van der Waals surface area contributed by atoms with Crippen LogP contribution in [0.2, 0.25) is 0 Å². The summed E-state index contributed by atoms with van der Waals surface area (Å²) in [5, 5.41) is 12.0. The molecule has 2 fully saturated rings. The molecule has 0 saturated carbocycles. The summed E-state index contributed by atoms with van der Waals surface area (Å²) in [6.45, 7) is 3.87. The molecule has 2 saturated heterocycles. The number of nitrogens with zero attached hydrogens (tertiary/aromatic N) is 4. The molecule has 0 bridgehead atoms. The average molecular weight is 327 g/mol. The third kappa shape index (κ3) is 3.15. The van der Waals surface area contributed by atoms with Crippen LogP contribution in [-0.2, 0) is 4.79 Å². The van der Waals surface area contributed by atoms with Crippen molar-refractivity contribution in [2.75, 3.05) is 26.2 Å². The van der Waals surface area contributed by atoms with Crippen LogP contribution in [0, 0.1) is 5.92 Å². The van der Waals surface area contributed by atoms with Gasteiger partial charge in [0, 0.05) is 31.6 Å². The van der Waals surface area contributed by atoms with Crippen LogP contribution in [0.3, 0.4) is 0 Å². The molecular weight excluding hydrogens is 302 g/mol. The Balaban J connectivity index is 1.32. The van der Waals surface area contributed by atoms with Crippen LogP contribution in [0.15, 0.2) is 24.4 Å². The highest BCUT2D eigenvalue weighted by molar-refractivity contribution is 5.76. The Morgan fingerprint density at radius 2 is 2.08 bits per heavy atom. The van der Waals surface area contributed by atoms with Crippen molar-refractivity contribution in [3.05, 3.63) is 30.2 Å². The number of piperidine rings is 1. The Labute approximate surface area is 142 Å². The molecule has 1 amide bonds. The van der Waals surface area contributed by atoms with Gasteiger partial charge in [-0.2, -0.15) is 0 Å². The molecule has 128 valence electrons. The number of rotatable bonds is 4. The summed E-state index contributed by atoms with van der Waals surface area (Å²) in [5.74, 6) is 2.44. The lowest BCUT2D eigenvalue weighted by Gasteiger charge is -2.31. The number of aromatic nitrogens is 3. The minimum absolute atomic E-state index is 0.325. The van der Waals surface area contributed by atoms with Crippen LogP contribution >= 0.6 is 0 Å². The topological polar surface area (TPSA) is 62.5 Å². The summed E-state index contributed by atoms with van der Waals surface area (Å²) >= 11 is 0. The van der Waals surface area contributed by atoms with Gasteiger partial charge in [-0.1, -0.05) is 6.07 Å². The molecule has 0 radical (unpaired) electrons. The van der Waals surface area contributed by atoms with E-state index < -0.39 is 0 Å². The first-order chi connectivity index (χ1) is 11.8. The zero-order valence-electron chi connectivity index (χ0n) is 14.0. The summed E-state index contributed by atoms with van der Waals surface area (Å²) < 4.78 is 2.08. The lowest BCUT2D eigenvalue weighted by Crippen LogP contribution is -2.38. The average Bonchev–Trinajstić information content (AvgIpc) is 3.29. The third-order valence-corrected chi connectivity index (χ3v) is 5.48. The lowest BCUT2D eigenvalue weighted by atomic mass is 9.95.